The molecule has 0 saturated carbocycles. The van der Waals surface area contributed by atoms with Gasteiger partial charge in [-0.2, -0.15) is 0 Å². The predicted octanol–water partition coefficient (Wildman–Crippen LogP) is 1.70. The van der Waals surface area contributed by atoms with Crippen LogP contribution in [0.2, 0.25) is 0 Å². The zero-order valence-corrected chi connectivity index (χ0v) is 8.25. The standard InChI is InChI=1S/C11H16N2/c1-9-3-5-10(6-4-9)7-8-11-12-13(11)2/h3-6,11-12H,7-8H2,1-2H3. The molecular formula is C11H16N2. The first-order valence-electron chi connectivity index (χ1n) is 4.80. The van der Waals surface area contributed by atoms with Crippen LogP contribution >= 0.6 is 0 Å². The maximum atomic E-state index is 3.25. The van der Waals surface area contributed by atoms with Crippen molar-refractivity contribution in [2.24, 2.45) is 0 Å². The molecule has 13 heavy (non-hydrogen) atoms. The molecule has 1 saturated heterocycles. The molecule has 1 aromatic carbocycles. The summed E-state index contributed by atoms with van der Waals surface area (Å²) < 4.78 is 0. The van der Waals surface area contributed by atoms with Crippen molar-refractivity contribution in [3.8, 4) is 0 Å². The molecule has 2 rings (SSSR count). The lowest BCUT2D eigenvalue weighted by molar-refractivity contribution is 0.569. The van der Waals surface area contributed by atoms with Gasteiger partial charge in [0.2, 0.25) is 0 Å². The van der Waals surface area contributed by atoms with Crippen molar-refractivity contribution in [2.45, 2.75) is 25.9 Å². The highest BCUT2D eigenvalue weighted by Crippen LogP contribution is 2.13. The molecular weight excluding hydrogens is 160 g/mol. The topological polar surface area (TPSA) is 25.0 Å². The summed E-state index contributed by atoms with van der Waals surface area (Å²) in [6.45, 7) is 2.13. The molecule has 70 valence electrons. The summed E-state index contributed by atoms with van der Waals surface area (Å²) in [5, 5.41) is 2.15. The Kier molecular flexibility index (Phi) is 2.34. The summed E-state index contributed by atoms with van der Waals surface area (Å²) in [7, 11) is 2.08. The second kappa shape index (κ2) is 3.48. The quantitative estimate of drug-likeness (QED) is 0.709. The van der Waals surface area contributed by atoms with E-state index in [0.29, 0.717) is 6.17 Å². The Balaban J connectivity index is 1.84. The molecule has 1 aliphatic heterocycles. The van der Waals surface area contributed by atoms with Crippen LogP contribution in [0, 0.1) is 6.92 Å². The Morgan fingerprint density at radius 1 is 1.31 bits per heavy atom. The van der Waals surface area contributed by atoms with Gasteiger partial charge in [0.15, 0.2) is 0 Å². The number of rotatable bonds is 3. The fraction of sp³-hybridized carbons (Fsp3) is 0.455. The molecule has 1 fully saturated rings. The molecule has 2 nitrogen and oxygen atoms in total. The highest BCUT2D eigenvalue weighted by Gasteiger charge is 2.27. The van der Waals surface area contributed by atoms with Gasteiger partial charge >= 0.3 is 0 Å². The summed E-state index contributed by atoms with van der Waals surface area (Å²) in [5.41, 5.74) is 6.02. The first-order valence-corrected chi connectivity index (χ1v) is 4.80. The van der Waals surface area contributed by atoms with E-state index in [9.17, 15) is 0 Å². The normalized spacial score (nSPS) is 26.0. The van der Waals surface area contributed by atoms with Crippen molar-refractivity contribution < 1.29 is 0 Å². The van der Waals surface area contributed by atoms with Crippen molar-refractivity contribution in [1.29, 1.82) is 0 Å². The summed E-state index contributed by atoms with van der Waals surface area (Å²) in [4.78, 5) is 0. The van der Waals surface area contributed by atoms with E-state index in [-0.39, 0.29) is 0 Å². The first kappa shape index (κ1) is 8.73. The van der Waals surface area contributed by atoms with Crippen LogP contribution < -0.4 is 5.43 Å². The Bertz CT molecular complexity index is 279. The van der Waals surface area contributed by atoms with Gasteiger partial charge in [-0.05, 0) is 25.3 Å². The van der Waals surface area contributed by atoms with Gasteiger partial charge in [-0.25, -0.2) is 10.4 Å². The van der Waals surface area contributed by atoms with Gasteiger partial charge in [0.05, 0.1) is 6.17 Å². The lowest BCUT2D eigenvalue weighted by atomic mass is 10.1. The van der Waals surface area contributed by atoms with Gasteiger partial charge in [0.1, 0.15) is 0 Å². The first-order chi connectivity index (χ1) is 6.25. The van der Waals surface area contributed by atoms with Crippen molar-refractivity contribution in [3.05, 3.63) is 35.4 Å². The summed E-state index contributed by atoms with van der Waals surface area (Å²) >= 11 is 0. The molecule has 0 bridgehead atoms. The number of hydrogen-bond donors (Lipinski definition) is 1. The zero-order valence-electron chi connectivity index (χ0n) is 8.25. The minimum Gasteiger partial charge on any atom is -0.235 e. The molecule has 0 spiro atoms. The molecule has 2 heteroatoms. The highest BCUT2D eigenvalue weighted by atomic mass is 15.7. The molecule has 0 radical (unpaired) electrons. The number of nitrogens with one attached hydrogen (secondary N) is 1. The third-order valence-corrected chi connectivity index (χ3v) is 2.58. The van der Waals surface area contributed by atoms with Crippen LogP contribution in [0.1, 0.15) is 17.5 Å². The average molecular weight is 176 g/mol. The molecule has 0 aliphatic carbocycles. The molecule has 1 aromatic rings. The number of benzene rings is 1. The van der Waals surface area contributed by atoms with Crippen LogP contribution in [0.15, 0.2) is 24.3 Å². The van der Waals surface area contributed by atoms with Gasteiger partial charge in [-0.1, -0.05) is 29.8 Å². The van der Waals surface area contributed by atoms with Gasteiger partial charge in [-0.15, -0.1) is 0 Å². The van der Waals surface area contributed by atoms with E-state index in [4.69, 9.17) is 0 Å². The van der Waals surface area contributed by atoms with Crippen molar-refractivity contribution in [2.75, 3.05) is 7.05 Å². The van der Waals surface area contributed by atoms with E-state index in [0.717, 1.165) is 0 Å². The second-order valence-electron chi connectivity index (χ2n) is 3.78. The molecule has 0 amide bonds. The SMILES string of the molecule is Cc1ccc(CCC2NN2C)cc1. The van der Waals surface area contributed by atoms with E-state index in [1.807, 2.05) is 0 Å². The van der Waals surface area contributed by atoms with Gasteiger partial charge in [0, 0.05) is 7.05 Å². The van der Waals surface area contributed by atoms with Crippen LogP contribution in [-0.4, -0.2) is 18.2 Å². The summed E-state index contributed by atoms with van der Waals surface area (Å²) in [6, 6.07) is 8.80. The van der Waals surface area contributed by atoms with E-state index in [1.54, 1.807) is 0 Å². The molecule has 1 N–H and O–H groups in total. The predicted molar refractivity (Wildman–Crippen MR) is 54.2 cm³/mol. The number of hydrazine groups is 1. The zero-order chi connectivity index (χ0) is 9.26. The van der Waals surface area contributed by atoms with E-state index >= 15 is 0 Å². The second-order valence-corrected chi connectivity index (χ2v) is 3.78. The van der Waals surface area contributed by atoms with Crippen molar-refractivity contribution in [1.82, 2.24) is 10.4 Å². The monoisotopic (exact) mass is 176 g/mol. The average Bonchev–Trinajstić information content (AvgIpc) is 2.81. The molecule has 2 unspecified atom stereocenters. The number of aryl methyl sites for hydroxylation is 2. The van der Waals surface area contributed by atoms with Crippen LogP contribution in [0.25, 0.3) is 0 Å². The molecule has 0 aromatic heterocycles. The Hall–Kier alpha value is -0.860. The van der Waals surface area contributed by atoms with Crippen LogP contribution in [-0.2, 0) is 6.42 Å². The van der Waals surface area contributed by atoms with Crippen LogP contribution in [0.5, 0.6) is 0 Å². The third-order valence-electron chi connectivity index (χ3n) is 2.58. The lowest BCUT2D eigenvalue weighted by Gasteiger charge is -1.99. The summed E-state index contributed by atoms with van der Waals surface area (Å²) in [6.07, 6.45) is 2.99. The summed E-state index contributed by atoms with van der Waals surface area (Å²) in [5.74, 6) is 0. The van der Waals surface area contributed by atoms with E-state index in [2.05, 4.69) is 48.7 Å². The van der Waals surface area contributed by atoms with Crippen molar-refractivity contribution >= 4 is 0 Å². The van der Waals surface area contributed by atoms with Gasteiger partial charge < -0.3 is 0 Å². The van der Waals surface area contributed by atoms with Gasteiger partial charge in [0.25, 0.3) is 0 Å². The fourth-order valence-electron chi connectivity index (χ4n) is 1.52. The molecule has 2 atom stereocenters. The Morgan fingerprint density at radius 2 is 1.92 bits per heavy atom. The maximum Gasteiger partial charge on any atom is 0.0863 e. The highest BCUT2D eigenvalue weighted by molar-refractivity contribution is 5.21. The van der Waals surface area contributed by atoms with Crippen LogP contribution in [0.3, 0.4) is 0 Å². The van der Waals surface area contributed by atoms with E-state index < -0.39 is 0 Å². The minimum absolute atomic E-state index is 0.612. The Labute approximate surface area is 79.5 Å². The van der Waals surface area contributed by atoms with Crippen molar-refractivity contribution in [3.63, 3.8) is 0 Å². The van der Waals surface area contributed by atoms with Crippen LogP contribution in [0.4, 0.5) is 0 Å². The maximum absolute atomic E-state index is 3.25. The number of hydrogen-bond acceptors (Lipinski definition) is 2. The van der Waals surface area contributed by atoms with Gasteiger partial charge in [-0.3, -0.25) is 0 Å². The largest absolute Gasteiger partial charge is 0.235 e. The Morgan fingerprint density at radius 3 is 2.46 bits per heavy atom. The molecule has 1 heterocycles. The van der Waals surface area contributed by atoms with E-state index in [1.165, 1.54) is 24.0 Å². The smallest absolute Gasteiger partial charge is 0.0863 e. The lowest BCUT2D eigenvalue weighted by Crippen LogP contribution is -1.96. The minimum atomic E-state index is 0.612. The third kappa shape index (κ3) is 2.29. The number of nitrogens with zero attached hydrogens (tertiary/aromatic N) is 1. The fourth-order valence-corrected chi connectivity index (χ4v) is 1.52. The molecule has 1 aliphatic rings.